The number of rotatable bonds is 3. The first-order valence-electron chi connectivity index (χ1n) is 4.61. The van der Waals surface area contributed by atoms with E-state index in [-0.39, 0.29) is 18.5 Å². The molecule has 90 valence electrons. The molecule has 0 unspecified atom stereocenters. The lowest BCUT2D eigenvalue weighted by atomic mass is 10.0. The molecule has 0 radical (unpaired) electrons. The maximum atomic E-state index is 13.4. The van der Waals surface area contributed by atoms with E-state index in [9.17, 15) is 22.7 Å². The number of nitrogens with two attached hydrogens (primary N) is 1. The van der Waals surface area contributed by atoms with Crippen LogP contribution in [0.1, 0.15) is 23.7 Å². The lowest BCUT2D eigenvalue weighted by Gasteiger charge is -2.14. The van der Waals surface area contributed by atoms with E-state index in [2.05, 4.69) is 0 Å². The number of hydrogen-bond acceptors (Lipinski definition) is 2. The molecule has 0 saturated carbocycles. The average molecular weight is 237 g/mol. The second-order valence-corrected chi connectivity index (χ2v) is 3.30. The zero-order chi connectivity index (χ0) is 12.3. The SMILES string of the molecule is NCC[C@H](O)c1cccc(C(F)(F)F)c1F. The zero-order valence-corrected chi connectivity index (χ0v) is 8.26. The Bertz CT molecular complexity index is 364. The van der Waals surface area contributed by atoms with E-state index in [0.29, 0.717) is 6.07 Å². The molecule has 6 heteroatoms. The smallest absolute Gasteiger partial charge is 0.388 e. The van der Waals surface area contributed by atoms with Gasteiger partial charge in [0.2, 0.25) is 0 Å². The van der Waals surface area contributed by atoms with Gasteiger partial charge in [0.25, 0.3) is 0 Å². The monoisotopic (exact) mass is 237 g/mol. The Morgan fingerprint density at radius 1 is 1.31 bits per heavy atom. The van der Waals surface area contributed by atoms with Gasteiger partial charge in [0, 0.05) is 5.56 Å². The van der Waals surface area contributed by atoms with Crippen molar-refractivity contribution in [2.45, 2.75) is 18.7 Å². The Hall–Kier alpha value is -1.14. The Balaban J connectivity index is 3.14. The standard InChI is InChI=1S/C10H11F4NO/c11-9-6(8(16)4-5-15)2-1-3-7(9)10(12,13)14/h1-3,8,16H,4-5,15H2/t8-/m0/s1. The summed E-state index contributed by atoms with van der Waals surface area (Å²) in [5.41, 5.74) is 3.39. The van der Waals surface area contributed by atoms with Gasteiger partial charge in [0.05, 0.1) is 11.7 Å². The normalized spacial score (nSPS) is 13.9. The molecular weight excluding hydrogens is 226 g/mol. The highest BCUT2D eigenvalue weighted by atomic mass is 19.4. The highest BCUT2D eigenvalue weighted by Crippen LogP contribution is 2.34. The highest BCUT2D eigenvalue weighted by molar-refractivity contribution is 5.29. The van der Waals surface area contributed by atoms with E-state index in [1.54, 1.807) is 0 Å². The molecule has 1 rings (SSSR count). The molecule has 0 saturated heterocycles. The minimum absolute atomic E-state index is 0.0121. The van der Waals surface area contributed by atoms with E-state index in [0.717, 1.165) is 12.1 Å². The number of aliphatic hydroxyl groups excluding tert-OH is 1. The first kappa shape index (κ1) is 12.9. The summed E-state index contributed by atoms with van der Waals surface area (Å²) in [7, 11) is 0. The van der Waals surface area contributed by atoms with Gasteiger partial charge in [-0.3, -0.25) is 0 Å². The Kier molecular flexibility index (Phi) is 3.88. The van der Waals surface area contributed by atoms with Crippen molar-refractivity contribution in [3.8, 4) is 0 Å². The van der Waals surface area contributed by atoms with Crippen LogP contribution in [0.4, 0.5) is 17.6 Å². The summed E-state index contributed by atoms with van der Waals surface area (Å²) in [6.45, 7) is 0.0663. The Labute approximate surface area is 89.7 Å². The van der Waals surface area contributed by atoms with Crippen molar-refractivity contribution in [3.05, 3.63) is 35.1 Å². The summed E-state index contributed by atoms with van der Waals surface area (Å²) >= 11 is 0. The molecule has 0 aromatic heterocycles. The van der Waals surface area contributed by atoms with Crippen LogP contribution in [0.2, 0.25) is 0 Å². The van der Waals surface area contributed by atoms with Crippen molar-refractivity contribution in [2.75, 3.05) is 6.54 Å². The van der Waals surface area contributed by atoms with Crippen molar-refractivity contribution in [1.29, 1.82) is 0 Å². The fraction of sp³-hybridized carbons (Fsp3) is 0.400. The molecule has 0 amide bonds. The van der Waals surface area contributed by atoms with E-state index in [4.69, 9.17) is 5.73 Å². The molecular formula is C10H11F4NO. The molecule has 0 heterocycles. The van der Waals surface area contributed by atoms with E-state index in [1.807, 2.05) is 0 Å². The summed E-state index contributed by atoms with van der Waals surface area (Å²) in [5.74, 6) is -1.43. The Morgan fingerprint density at radius 3 is 2.44 bits per heavy atom. The topological polar surface area (TPSA) is 46.2 Å². The van der Waals surface area contributed by atoms with Crippen molar-refractivity contribution < 1.29 is 22.7 Å². The third-order valence-corrected chi connectivity index (χ3v) is 2.13. The first-order chi connectivity index (χ1) is 7.38. The molecule has 1 aromatic carbocycles. The summed E-state index contributed by atoms with van der Waals surface area (Å²) in [6, 6.07) is 2.81. The number of hydrogen-bond donors (Lipinski definition) is 2. The van der Waals surface area contributed by atoms with E-state index < -0.39 is 23.7 Å². The fourth-order valence-corrected chi connectivity index (χ4v) is 1.34. The number of halogens is 4. The van der Waals surface area contributed by atoms with Gasteiger partial charge >= 0.3 is 6.18 Å². The quantitative estimate of drug-likeness (QED) is 0.792. The van der Waals surface area contributed by atoms with Crippen LogP contribution in [0.15, 0.2) is 18.2 Å². The van der Waals surface area contributed by atoms with E-state index >= 15 is 0 Å². The van der Waals surface area contributed by atoms with Crippen LogP contribution < -0.4 is 5.73 Å². The number of alkyl halides is 3. The average Bonchev–Trinajstić information content (AvgIpc) is 2.16. The third-order valence-electron chi connectivity index (χ3n) is 2.13. The molecule has 0 fully saturated rings. The molecule has 0 aliphatic heterocycles. The second kappa shape index (κ2) is 4.80. The van der Waals surface area contributed by atoms with Crippen LogP contribution in [-0.2, 0) is 6.18 Å². The van der Waals surface area contributed by atoms with E-state index in [1.165, 1.54) is 0 Å². The predicted molar refractivity (Wildman–Crippen MR) is 50.0 cm³/mol. The summed E-state index contributed by atoms with van der Waals surface area (Å²) < 4.78 is 50.4. The van der Waals surface area contributed by atoms with Gasteiger partial charge in [-0.15, -0.1) is 0 Å². The minimum Gasteiger partial charge on any atom is -0.388 e. The molecule has 0 aliphatic carbocycles. The Morgan fingerprint density at radius 2 is 1.94 bits per heavy atom. The van der Waals surface area contributed by atoms with Gasteiger partial charge in [-0.2, -0.15) is 13.2 Å². The second-order valence-electron chi connectivity index (χ2n) is 3.30. The minimum atomic E-state index is -4.76. The van der Waals surface area contributed by atoms with Crippen molar-refractivity contribution in [2.24, 2.45) is 5.73 Å². The molecule has 16 heavy (non-hydrogen) atoms. The number of aliphatic hydroxyl groups is 1. The lowest BCUT2D eigenvalue weighted by molar-refractivity contribution is -0.140. The van der Waals surface area contributed by atoms with Crippen LogP contribution in [0.5, 0.6) is 0 Å². The summed E-state index contributed by atoms with van der Waals surface area (Å²) in [5, 5.41) is 9.40. The summed E-state index contributed by atoms with van der Waals surface area (Å²) in [6.07, 6.45) is -6.06. The van der Waals surface area contributed by atoms with Gasteiger partial charge in [0.1, 0.15) is 5.82 Å². The molecule has 1 aromatic rings. The molecule has 0 bridgehead atoms. The van der Waals surface area contributed by atoms with Crippen LogP contribution in [0.3, 0.4) is 0 Å². The molecule has 2 nitrogen and oxygen atoms in total. The molecule has 0 spiro atoms. The van der Waals surface area contributed by atoms with Gasteiger partial charge in [-0.05, 0) is 19.0 Å². The van der Waals surface area contributed by atoms with Crippen LogP contribution in [0.25, 0.3) is 0 Å². The van der Waals surface area contributed by atoms with Crippen molar-refractivity contribution >= 4 is 0 Å². The third kappa shape index (κ3) is 2.70. The highest BCUT2D eigenvalue weighted by Gasteiger charge is 2.35. The molecule has 1 atom stereocenters. The van der Waals surface area contributed by atoms with Crippen molar-refractivity contribution in [3.63, 3.8) is 0 Å². The van der Waals surface area contributed by atoms with Crippen molar-refractivity contribution in [1.82, 2.24) is 0 Å². The summed E-state index contributed by atoms with van der Waals surface area (Å²) in [4.78, 5) is 0. The van der Waals surface area contributed by atoms with Crippen LogP contribution in [0, 0.1) is 5.82 Å². The maximum absolute atomic E-state index is 13.4. The van der Waals surface area contributed by atoms with Crippen LogP contribution in [-0.4, -0.2) is 11.7 Å². The van der Waals surface area contributed by atoms with Gasteiger partial charge < -0.3 is 10.8 Å². The van der Waals surface area contributed by atoms with Gasteiger partial charge in [-0.1, -0.05) is 12.1 Å². The fourth-order valence-electron chi connectivity index (χ4n) is 1.34. The zero-order valence-electron chi connectivity index (χ0n) is 8.26. The molecule has 0 aliphatic rings. The first-order valence-corrected chi connectivity index (χ1v) is 4.61. The largest absolute Gasteiger partial charge is 0.419 e. The predicted octanol–water partition coefficient (Wildman–Crippen LogP) is 2.23. The lowest BCUT2D eigenvalue weighted by Crippen LogP contribution is -2.13. The number of benzene rings is 1. The van der Waals surface area contributed by atoms with Crippen LogP contribution >= 0.6 is 0 Å². The van der Waals surface area contributed by atoms with Gasteiger partial charge in [-0.25, -0.2) is 4.39 Å². The molecule has 3 N–H and O–H groups in total. The maximum Gasteiger partial charge on any atom is 0.419 e. The van der Waals surface area contributed by atoms with Gasteiger partial charge in [0.15, 0.2) is 0 Å².